The number of hydrogen-bond donors (Lipinski definition) is 1. The third-order valence-corrected chi connectivity index (χ3v) is 3.40. The van der Waals surface area contributed by atoms with Crippen molar-refractivity contribution in [2.45, 2.75) is 38.8 Å². The van der Waals surface area contributed by atoms with Crippen LogP contribution in [0.1, 0.15) is 31.7 Å². The van der Waals surface area contributed by atoms with E-state index in [9.17, 15) is 0 Å². The van der Waals surface area contributed by atoms with Crippen molar-refractivity contribution in [1.82, 2.24) is 5.32 Å². The number of nitrogens with one attached hydrogen (secondary N) is 1. The molecular weight excluding hydrogens is 241 g/mol. The van der Waals surface area contributed by atoms with E-state index in [0.717, 1.165) is 18.0 Å². The first kappa shape index (κ1) is 12.2. The van der Waals surface area contributed by atoms with Crippen molar-refractivity contribution in [3.63, 3.8) is 0 Å². The van der Waals surface area contributed by atoms with E-state index in [1.165, 1.54) is 19.3 Å². The van der Waals surface area contributed by atoms with Crippen LogP contribution < -0.4 is 5.32 Å². The van der Waals surface area contributed by atoms with E-state index >= 15 is 0 Å². The first-order valence-electron chi connectivity index (χ1n) is 5.82. The molecule has 1 aliphatic rings. The predicted molar refractivity (Wildman–Crippen MR) is 70.1 cm³/mol. The van der Waals surface area contributed by atoms with Gasteiger partial charge in [0, 0.05) is 22.6 Å². The second kappa shape index (κ2) is 5.39. The Morgan fingerprint density at radius 2 is 1.88 bits per heavy atom. The molecule has 1 N–H and O–H groups in total. The fraction of sp³-hybridized carbons (Fsp3) is 0.538. The Morgan fingerprint density at radius 1 is 1.25 bits per heavy atom. The lowest BCUT2D eigenvalue weighted by molar-refractivity contribution is 0.487. The van der Waals surface area contributed by atoms with Gasteiger partial charge in [-0.15, -0.1) is 0 Å². The van der Waals surface area contributed by atoms with Crippen LogP contribution in [0.5, 0.6) is 0 Å². The van der Waals surface area contributed by atoms with E-state index in [1.807, 2.05) is 12.1 Å². The molecule has 88 valence electrons. The Bertz CT molecular complexity index is 341. The van der Waals surface area contributed by atoms with E-state index in [2.05, 4.69) is 12.2 Å². The largest absolute Gasteiger partial charge is 0.310 e. The molecular formula is C13H17Cl2N. The van der Waals surface area contributed by atoms with E-state index in [1.54, 1.807) is 6.07 Å². The summed E-state index contributed by atoms with van der Waals surface area (Å²) in [4.78, 5) is 0. The average molecular weight is 258 g/mol. The van der Waals surface area contributed by atoms with Crippen LogP contribution in [0.4, 0.5) is 0 Å². The van der Waals surface area contributed by atoms with Gasteiger partial charge >= 0.3 is 0 Å². The van der Waals surface area contributed by atoms with Crippen molar-refractivity contribution in [3.8, 4) is 0 Å². The maximum absolute atomic E-state index is 5.95. The molecule has 0 spiro atoms. The van der Waals surface area contributed by atoms with Crippen LogP contribution in [0.25, 0.3) is 0 Å². The summed E-state index contributed by atoms with van der Waals surface area (Å²) < 4.78 is 0. The van der Waals surface area contributed by atoms with E-state index in [0.29, 0.717) is 16.1 Å². The molecule has 0 heterocycles. The smallest absolute Gasteiger partial charge is 0.0424 e. The van der Waals surface area contributed by atoms with Gasteiger partial charge < -0.3 is 5.32 Å². The average Bonchev–Trinajstić information content (AvgIpc) is 2.97. The summed E-state index contributed by atoms with van der Waals surface area (Å²) in [6.07, 6.45) is 4.11. The molecule has 0 radical (unpaired) electrons. The molecule has 1 atom stereocenters. The molecule has 1 unspecified atom stereocenters. The van der Waals surface area contributed by atoms with Gasteiger partial charge in [0.25, 0.3) is 0 Å². The molecule has 0 amide bonds. The molecule has 1 aliphatic carbocycles. The van der Waals surface area contributed by atoms with Crippen molar-refractivity contribution in [2.75, 3.05) is 0 Å². The van der Waals surface area contributed by atoms with E-state index in [-0.39, 0.29) is 0 Å². The molecule has 0 saturated heterocycles. The highest BCUT2D eigenvalue weighted by atomic mass is 35.5. The third-order valence-electron chi connectivity index (χ3n) is 2.96. The Hall–Kier alpha value is -0.240. The van der Waals surface area contributed by atoms with Gasteiger partial charge in [0.1, 0.15) is 0 Å². The first-order chi connectivity index (χ1) is 7.63. The summed E-state index contributed by atoms with van der Waals surface area (Å²) in [7, 11) is 0. The minimum absolute atomic E-state index is 0.574. The quantitative estimate of drug-likeness (QED) is 0.831. The lowest BCUT2D eigenvalue weighted by Crippen LogP contribution is -2.25. The fourth-order valence-electron chi connectivity index (χ4n) is 1.94. The highest BCUT2D eigenvalue weighted by Gasteiger charge is 2.23. The second-order valence-electron chi connectivity index (χ2n) is 4.74. The minimum atomic E-state index is 0.574. The number of halogens is 2. The van der Waals surface area contributed by atoms with E-state index in [4.69, 9.17) is 23.2 Å². The van der Waals surface area contributed by atoms with Gasteiger partial charge in [-0.2, -0.15) is 0 Å². The zero-order valence-corrected chi connectivity index (χ0v) is 11.0. The molecule has 0 aromatic heterocycles. The van der Waals surface area contributed by atoms with Gasteiger partial charge in [-0.3, -0.25) is 0 Å². The summed E-state index contributed by atoms with van der Waals surface area (Å²) in [6, 6.07) is 6.26. The molecule has 1 nitrogen and oxygen atoms in total. The Kier molecular flexibility index (Phi) is 4.12. The standard InChI is InChI=1S/C13H17Cl2N/c1-9(4-10-2-3-10)16-8-11-5-12(14)7-13(15)6-11/h5-7,9-10,16H,2-4,8H2,1H3. The van der Waals surface area contributed by atoms with Gasteiger partial charge in [-0.05, 0) is 43.0 Å². The molecule has 1 fully saturated rings. The zero-order valence-electron chi connectivity index (χ0n) is 9.47. The van der Waals surface area contributed by atoms with Gasteiger partial charge in [0.2, 0.25) is 0 Å². The Morgan fingerprint density at radius 3 is 2.44 bits per heavy atom. The number of hydrogen-bond acceptors (Lipinski definition) is 1. The topological polar surface area (TPSA) is 12.0 Å². The third kappa shape index (κ3) is 3.97. The van der Waals surface area contributed by atoms with Crippen molar-refractivity contribution in [2.24, 2.45) is 5.92 Å². The van der Waals surface area contributed by atoms with Crippen molar-refractivity contribution in [1.29, 1.82) is 0 Å². The van der Waals surface area contributed by atoms with Gasteiger partial charge in [0.05, 0.1) is 0 Å². The van der Waals surface area contributed by atoms with Crippen LogP contribution in [0.2, 0.25) is 10.0 Å². The summed E-state index contributed by atoms with van der Waals surface area (Å²) in [5.41, 5.74) is 1.15. The Labute approximate surface area is 107 Å². The van der Waals surface area contributed by atoms with Crippen molar-refractivity contribution >= 4 is 23.2 Å². The normalized spacial score (nSPS) is 17.4. The SMILES string of the molecule is CC(CC1CC1)NCc1cc(Cl)cc(Cl)c1. The molecule has 2 rings (SSSR count). The summed E-state index contributed by atoms with van der Waals surface area (Å²) in [6.45, 7) is 3.08. The van der Waals surface area contributed by atoms with E-state index < -0.39 is 0 Å². The second-order valence-corrected chi connectivity index (χ2v) is 5.61. The van der Waals surface area contributed by atoms with Gasteiger partial charge in [-0.25, -0.2) is 0 Å². The van der Waals surface area contributed by atoms with Crippen molar-refractivity contribution in [3.05, 3.63) is 33.8 Å². The first-order valence-corrected chi connectivity index (χ1v) is 6.57. The predicted octanol–water partition coefficient (Wildman–Crippen LogP) is 4.27. The van der Waals surface area contributed by atoms with Gasteiger partial charge in [-0.1, -0.05) is 36.0 Å². The maximum atomic E-state index is 5.95. The highest BCUT2D eigenvalue weighted by Crippen LogP contribution is 2.33. The van der Waals surface area contributed by atoms with Gasteiger partial charge in [0.15, 0.2) is 0 Å². The van der Waals surface area contributed by atoms with Crippen molar-refractivity contribution < 1.29 is 0 Å². The zero-order chi connectivity index (χ0) is 11.5. The lowest BCUT2D eigenvalue weighted by Gasteiger charge is -2.13. The van der Waals surface area contributed by atoms with Crippen LogP contribution in [-0.2, 0) is 6.54 Å². The number of rotatable bonds is 5. The molecule has 0 aliphatic heterocycles. The lowest BCUT2D eigenvalue weighted by atomic mass is 10.1. The molecule has 16 heavy (non-hydrogen) atoms. The Balaban J connectivity index is 1.83. The summed E-state index contributed by atoms with van der Waals surface area (Å²) in [5, 5.41) is 4.92. The van der Waals surface area contributed by atoms with Crippen LogP contribution in [0.15, 0.2) is 18.2 Å². The van der Waals surface area contributed by atoms with Crippen LogP contribution in [0.3, 0.4) is 0 Å². The monoisotopic (exact) mass is 257 g/mol. The highest BCUT2D eigenvalue weighted by molar-refractivity contribution is 6.34. The molecule has 3 heteroatoms. The molecule has 1 aromatic rings. The van der Waals surface area contributed by atoms with Crippen LogP contribution in [-0.4, -0.2) is 6.04 Å². The summed E-state index contributed by atoms with van der Waals surface area (Å²) in [5.74, 6) is 0.963. The fourth-order valence-corrected chi connectivity index (χ4v) is 2.51. The minimum Gasteiger partial charge on any atom is -0.310 e. The number of benzene rings is 1. The summed E-state index contributed by atoms with van der Waals surface area (Å²) >= 11 is 11.9. The van der Waals surface area contributed by atoms with Crippen LogP contribution >= 0.6 is 23.2 Å². The maximum Gasteiger partial charge on any atom is 0.0424 e. The molecule has 1 aromatic carbocycles. The molecule has 1 saturated carbocycles. The molecule has 0 bridgehead atoms. The van der Waals surface area contributed by atoms with Crippen LogP contribution in [0, 0.1) is 5.92 Å².